The fraction of sp³-hybridized carbons (Fsp3) is 0.692. The number of aromatic nitrogens is 2. The van der Waals surface area contributed by atoms with Crippen LogP contribution >= 0.6 is 0 Å². The fourth-order valence-electron chi connectivity index (χ4n) is 3.47. The summed E-state index contributed by atoms with van der Waals surface area (Å²) in [6, 6.07) is 0. The number of ether oxygens (including phenoxy) is 1. The van der Waals surface area contributed by atoms with Crippen molar-refractivity contribution < 1.29 is 17.9 Å². The molecule has 0 radical (unpaired) electrons. The van der Waals surface area contributed by atoms with E-state index in [1.54, 1.807) is 13.8 Å². The predicted molar refractivity (Wildman–Crippen MR) is 74.1 cm³/mol. The van der Waals surface area contributed by atoms with Crippen molar-refractivity contribution in [1.82, 2.24) is 14.5 Å². The molecule has 0 amide bonds. The smallest absolute Gasteiger partial charge is 0.327 e. The third-order valence-electron chi connectivity index (χ3n) is 4.42. The highest BCUT2D eigenvalue weighted by Crippen LogP contribution is 2.41. The maximum absolute atomic E-state index is 13.1. The van der Waals surface area contributed by atoms with Crippen LogP contribution in [0.4, 0.5) is 0 Å². The van der Waals surface area contributed by atoms with E-state index >= 15 is 0 Å². The van der Waals surface area contributed by atoms with E-state index in [1.165, 1.54) is 4.31 Å². The number of rotatable bonds is 2. The molecule has 8 heteroatoms. The normalized spacial score (nSPS) is 22.7. The first-order chi connectivity index (χ1) is 9.89. The first-order valence-corrected chi connectivity index (χ1v) is 8.55. The van der Waals surface area contributed by atoms with Gasteiger partial charge in [-0.2, -0.15) is 9.40 Å². The molecule has 1 saturated carbocycles. The predicted octanol–water partition coefficient (Wildman–Crippen LogP) is 0.887. The summed E-state index contributed by atoms with van der Waals surface area (Å²) < 4.78 is 32.6. The lowest BCUT2D eigenvalue weighted by Crippen LogP contribution is -2.60. The summed E-state index contributed by atoms with van der Waals surface area (Å²) in [6.07, 6.45) is 2.73. The van der Waals surface area contributed by atoms with Gasteiger partial charge in [-0.3, -0.25) is 9.89 Å². The maximum atomic E-state index is 13.1. The molecular weight excluding hydrogens is 294 g/mol. The summed E-state index contributed by atoms with van der Waals surface area (Å²) in [5.74, 6) is -0.409. The monoisotopic (exact) mass is 313 g/mol. The Morgan fingerprint density at radius 1 is 1.29 bits per heavy atom. The lowest BCUT2D eigenvalue weighted by atomic mass is 9.97. The van der Waals surface area contributed by atoms with E-state index in [4.69, 9.17) is 4.74 Å². The van der Waals surface area contributed by atoms with Gasteiger partial charge in [0.1, 0.15) is 17.0 Å². The Kier molecular flexibility index (Phi) is 3.32. The molecule has 0 unspecified atom stereocenters. The molecule has 1 aliphatic carbocycles. The van der Waals surface area contributed by atoms with Crippen LogP contribution in [0.2, 0.25) is 0 Å². The van der Waals surface area contributed by atoms with Crippen LogP contribution in [0.5, 0.6) is 0 Å². The van der Waals surface area contributed by atoms with E-state index < -0.39 is 21.5 Å². The van der Waals surface area contributed by atoms with Gasteiger partial charge in [-0.15, -0.1) is 0 Å². The van der Waals surface area contributed by atoms with E-state index in [-0.39, 0.29) is 18.0 Å². The summed E-state index contributed by atoms with van der Waals surface area (Å²) in [7, 11) is -3.77. The zero-order valence-corrected chi connectivity index (χ0v) is 13.0. The Morgan fingerprint density at radius 2 is 1.95 bits per heavy atom. The van der Waals surface area contributed by atoms with Crippen molar-refractivity contribution in [3.63, 3.8) is 0 Å². The molecule has 0 bridgehead atoms. The summed E-state index contributed by atoms with van der Waals surface area (Å²) in [4.78, 5) is 12.4. The quantitative estimate of drug-likeness (QED) is 0.819. The van der Waals surface area contributed by atoms with Crippen LogP contribution in [0.15, 0.2) is 4.90 Å². The number of sulfonamides is 1. The average Bonchev–Trinajstić information content (AvgIpc) is 3.01. The zero-order chi connectivity index (χ0) is 15.3. The van der Waals surface area contributed by atoms with Crippen molar-refractivity contribution in [1.29, 1.82) is 0 Å². The molecule has 1 saturated heterocycles. The number of H-pyrrole nitrogens is 1. The first kappa shape index (κ1) is 14.5. The third kappa shape index (κ3) is 2.00. The lowest BCUT2D eigenvalue weighted by molar-refractivity contribution is -0.162. The van der Waals surface area contributed by atoms with Gasteiger partial charge in [-0.1, -0.05) is 12.8 Å². The fourth-order valence-corrected chi connectivity index (χ4v) is 5.57. The number of cyclic esters (lactones) is 1. The van der Waals surface area contributed by atoms with Crippen molar-refractivity contribution >= 4 is 16.0 Å². The van der Waals surface area contributed by atoms with Gasteiger partial charge in [-0.25, -0.2) is 8.42 Å². The van der Waals surface area contributed by atoms with E-state index in [0.29, 0.717) is 24.2 Å². The largest absolute Gasteiger partial charge is 0.463 e. The molecule has 0 atom stereocenters. The van der Waals surface area contributed by atoms with E-state index in [0.717, 1.165) is 12.8 Å². The van der Waals surface area contributed by atoms with Crippen molar-refractivity contribution in [2.75, 3.05) is 13.2 Å². The molecule has 21 heavy (non-hydrogen) atoms. The van der Waals surface area contributed by atoms with E-state index in [1.807, 2.05) is 0 Å². The summed E-state index contributed by atoms with van der Waals surface area (Å²) in [6.45, 7) is 3.64. The van der Waals surface area contributed by atoms with Crippen molar-refractivity contribution in [2.45, 2.75) is 50.0 Å². The van der Waals surface area contributed by atoms with Crippen molar-refractivity contribution in [3.8, 4) is 0 Å². The number of esters is 1. The van der Waals surface area contributed by atoms with Crippen LogP contribution in [0.1, 0.15) is 37.1 Å². The van der Waals surface area contributed by atoms with Gasteiger partial charge in [0.15, 0.2) is 0 Å². The Balaban J connectivity index is 2.11. The van der Waals surface area contributed by atoms with Crippen molar-refractivity contribution in [3.05, 3.63) is 11.4 Å². The molecular formula is C13H19N3O4S. The van der Waals surface area contributed by atoms with E-state index in [9.17, 15) is 13.2 Å². The number of hydrogen-bond donors (Lipinski definition) is 1. The molecule has 1 N–H and O–H groups in total. The summed E-state index contributed by atoms with van der Waals surface area (Å²) in [5.41, 5.74) is -0.0908. The minimum Gasteiger partial charge on any atom is -0.463 e. The van der Waals surface area contributed by atoms with Crippen LogP contribution in [0, 0.1) is 13.8 Å². The molecule has 1 spiro atoms. The van der Waals surface area contributed by atoms with Crippen LogP contribution < -0.4 is 0 Å². The highest BCUT2D eigenvalue weighted by molar-refractivity contribution is 7.89. The Labute approximate surface area is 123 Å². The molecule has 1 aliphatic heterocycles. The molecule has 1 aromatic heterocycles. The number of aryl methyl sites for hydroxylation is 2. The lowest BCUT2D eigenvalue weighted by Gasteiger charge is -2.41. The molecule has 2 fully saturated rings. The molecule has 3 rings (SSSR count). The third-order valence-corrected chi connectivity index (χ3v) is 6.65. The molecule has 2 heterocycles. The van der Waals surface area contributed by atoms with E-state index in [2.05, 4.69) is 10.2 Å². The number of aromatic amines is 1. The first-order valence-electron chi connectivity index (χ1n) is 7.11. The topological polar surface area (TPSA) is 92.4 Å². The number of carbonyl (C=O) groups is 1. The molecule has 0 aromatic carbocycles. The Hall–Kier alpha value is -1.41. The number of morpholine rings is 1. The van der Waals surface area contributed by atoms with Crippen LogP contribution in [-0.2, 0) is 19.6 Å². The molecule has 1 aromatic rings. The van der Waals surface area contributed by atoms with Gasteiger partial charge in [0.2, 0.25) is 10.0 Å². The second kappa shape index (κ2) is 4.81. The van der Waals surface area contributed by atoms with Gasteiger partial charge < -0.3 is 4.74 Å². The Bertz CT molecular complexity index is 654. The number of nitrogens with one attached hydrogen (secondary N) is 1. The molecule has 2 aliphatic rings. The van der Waals surface area contributed by atoms with Crippen LogP contribution in [0.3, 0.4) is 0 Å². The molecule has 7 nitrogen and oxygen atoms in total. The van der Waals surface area contributed by atoms with Gasteiger partial charge >= 0.3 is 5.97 Å². The summed E-state index contributed by atoms with van der Waals surface area (Å²) >= 11 is 0. The number of carbonyl (C=O) groups excluding carboxylic acids is 1. The van der Waals surface area contributed by atoms with Crippen LogP contribution in [0.25, 0.3) is 0 Å². The SMILES string of the molecule is Cc1n[nH]c(C)c1S(=O)(=O)N1CCOC(=O)C12CCCC2. The second-order valence-electron chi connectivity index (χ2n) is 5.71. The van der Waals surface area contributed by atoms with Gasteiger partial charge in [0, 0.05) is 6.54 Å². The highest BCUT2D eigenvalue weighted by Gasteiger charge is 2.55. The standard InChI is InChI=1S/C13H19N3O4S/c1-9-11(10(2)15-14-9)21(18,19)16-7-8-20-12(17)13(16)5-3-4-6-13/h3-8H2,1-2H3,(H,14,15). The molecule has 116 valence electrons. The Morgan fingerprint density at radius 3 is 2.52 bits per heavy atom. The summed E-state index contributed by atoms with van der Waals surface area (Å²) in [5, 5.41) is 6.66. The maximum Gasteiger partial charge on any atom is 0.327 e. The zero-order valence-electron chi connectivity index (χ0n) is 12.2. The second-order valence-corrected chi connectivity index (χ2v) is 7.51. The minimum atomic E-state index is -3.77. The number of nitrogens with zero attached hydrogens (tertiary/aromatic N) is 2. The van der Waals surface area contributed by atoms with Gasteiger partial charge in [-0.05, 0) is 26.7 Å². The minimum absolute atomic E-state index is 0.107. The van der Waals surface area contributed by atoms with Gasteiger partial charge in [0.25, 0.3) is 0 Å². The highest BCUT2D eigenvalue weighted by atomic mass is 32.2. The van der Waals surface area contributed by atoms with Crippen molar-refractivity contribution in [2.24, 2.45) is 0 Å². The van der Waals surface area contributed by atoms with Gasteiger partial charge in [0.05, 0.1) is 11.4 Å². The number of hydrogen-bond acceptors (Lipinski definition) is 5. The average molecular weight is 313 g/mol. The van der Waals surface area contributed by atoms with Crippen LogP contribution in [-0.4, -0.2) is 47.6 Å².